The van der Waals surface area contributed by atoms with Gasteiger partial charge in [-0.2, -0.15) is 0 Å². The molecule has 0 aliphatic rings. The van der Waals surface area contributed by atoms with Crippen LogP contribution in [-0.2, 0) is 16.6 Å². The van der Waals surface area contributed by atoms with Crippen molar-refractivity contribution in [3.63, 3.8) is 0 Å². The number of aliphatic carboxylic acids is 1. The second-order valence-corrected chi connectivity index (χ2v) is 12.5. The Morgan fingerprint density at radius 3 is 1.87 bits per heavy atom. The second kappa shape index (κ2) is 12.7. The molecular formula is C34H51NO4. The van der Waals surface area contributed by atoms with Gasteiger partial charge in [-0.1, -0.05) is 85.2 Å². The molecule has 0 spiro atoms. The highest BCUT2D eigenvalue weighted by molar-refractivity contribution is 5.97. The van der Waals surface area contributed by atoms with Gasteiger partial charge in [0.25, 0.3) is 5.91 Å². The summed E-state index contributed by atoms with van der Waals surface area (Å²) in [5.41, 5.74) is 5.06. The zero-order valence-corrected chi connectivity index (χ0v) is 25.9. The van der Waals surface area contributed by atoms with Crippen LogP contribution in [0.4, 0.5) is 0 Å². The highest BCUT2D eigenvalue weighted by Gasteiger charge is 2.43. The fraction of sp³-hybridized carbons (Fsp3) is 0.588. The molecule has 0 aliphatic heterocycles. The number of carbonyl (C=O) groups is 2. The van der Waals surface area contributed by atoms with Crippen molar-refractivity contribution in [1.29, 1.82) is 0 Å². The van der Waals surface area contributed by atoms with Crippen LogP contribution in [0.25, 0.3) is 0 Å². The zero-order valence-electron chi connectivity index (χ0n) is 25.9. The molecule has 0 bridgehead atoms. The monoisotopic (exact) mass is 537 g/mol. The van der Waals surface area contributed by atoms with Crippen LogP contribution < -0.4 is 5.32 Å². The Kier molecular flexibility index (Phi) is 10.6. The number of carbonyl (C=O) groups excluding carboxylic acids is 1. The van der Waals surface area contributed by atoms with Crippen molar-refractivity contribution in [2.45, 2.75) is 118 Å². The first-order valence-corrected chi connectivity index (χ1v) is 14.5. The molecule has 0 aromatic heterocycles. The van der Waals surface area contributed by atoms with Gasteiger partial charge in [0.05, 0.1) is 5.60 Å². The molecule has 3 atom stereocenters. The minimum atomic E-state index is -1.06. The van der Waals surface area contributed by atoms with Crippen LogP contribution in [0.1, 0.15) is 119 Å². The minimum absolute atomic E-state index is 0.120. The SMILES string of the molecule is CCCC(O)(C(C)Cc1ccc(C(CC)(CC)c2ccc(C(=O)NC(C)C(=O)O)c(C)c2)cc1C)C(C)(C)C. The van der Waals surface area contributed by atoms with Crippen LogP contribution in [0.5, 0.6) is 0 Å². The average Bonchev–Trinajstić information content (AvgIpc) is 2.85. The van der Waals surface area contributed by atoms with E-state index in [1.54, 1.807) is 0 Å². The molecule has 2 aromatic rings. The Balaban J connectivity index is 2.44. The lowest BCUT2D eigenvalue weighted by Crippen LogP contribution is -2.49. The lowest BCUT2D eigenvalue weighted by molar-refractivity contribution is -0.138. The summed E-state index contributed by atoms with van der Waals surface area (Å²) >= 11 is 0. The highest BCUT2D eigenvalue weighted by Crippen LogP contribution is 2.43. The number of aryl methyl sites for hydroxylation is 2. The third kappa shape index (κ3) is 6.74. The van der Waals surface area contributed by atoms with E-state index in [-0.39, 0.29) is 22.7 Å². The number of carboxylic acids is 1. The molecule has 0 saturated carbocycles. The number of nitrogens with one attached hydrogen (secondary N) is 1. The van der Waals surface area contributed by atoms with Crippen LogP contribution in [0.2, 0.25) is 0 Å². The Bertz CT molecular complexity index is 1160. The van der Waals surface area contributed by atoms with E-state index >= 15 is 0 Å². The van der Waals surface area contributed by atoms with E-state index in [0.29, 0.717) is 5.56 Å². The molecule has 5 nitrogen and oxygen atoms in total. The molecule has 39 heavy (non-hydrogen) atoms. The first-order chi connectivity index (χ1) is 18.1. The van der Waals surface area contributed by atoms with Gasteiger partial charge >= 0.3 is 5.97 Å². The first kappa shape index (κ1) is 32.6. The quantitative estimate of drug-likeness (QED) is 0.264. The van der Waals surface area contributed by atoms with Crippen LogP contribution in [-0.4, -0.2) is 33.7 Å². The maximum absolute atomic E-state index is 12.7. The Hall–Kier alpha value is -2.66. The zero-order chi connectivity index (χ0) is 29.8. The van der Waals surface area contributed by atoms with E-state index in [1.165, 1.54) is 23.6 Å². The normalized spacial score (nSPS) is 15.4. The molecule has 2 rings (SSSR count). The van der Waals surface area contributed by atoms with Crippen LogP contribution in [0.3, 0.4) is 0 Å². The Morgan fingerprint density at radius 1 is 0.897 bits per heavy atom. The van der Waals surface area contributed by atoms with Crippen molar-refractivity contribution in [3.8, 4) is 0 Å². The number of benzene rings is 2. The summed E-state index contributed by atoms with van der Waals surface area (Å²) in [5.74, 6) is -1.32. The second-order valence-electron chi connectivity index (χ2n) is 12.5. The molecule has 3 unspecified atom stereocenters. The van der Waals surface area contributed by atoms with Crippen LogP contribution in [0.15, 0.2) is 36.4 Å². The van der Waals surface area contributed by atoms with E-state index < -0.39 is 17.6 Å². The van der Waals surface area contributed by atoms with Crippen molar-refractivity contribution < 1.29 is 19.8 Å². The Labute approximate surface area is 236 Å². The number of amides is 1. The van der Waals surface area contributed by atoms with E-state index in [9.17, 15) is 14.7 Å². The molecule has 0 heterocycles. The largest absolute Gasteiger partial charge is 0.480 e. The van der Waals surface area contributed by atoms with Gasteiger partial charge in [0.2, 0.25) is 0 Å². The molecule has 0 aliphatic carbocycles. The molecule has 5 heteroatoms. The topological polar surface area (TPSA) is 86.6 Å². The van der Waals surface area contributed by atoms with Crippen molar-refractivity contribution in [2.24, 2.45) is 11.3 Å². The summed E-state index contributed by atoms with van der Waals surface area (Å²) in [4.78, 5) is 23.9. The third-order valence-electron chi connectivity index (χ3n) is 9.12. The molecule has 3 N–H and O–H groups in total. The van der Waals surface area contributed by atoms with Gasteiger partial charge in [-0.25, -0.2) is 0 Å². The van der Waals surface area contributed by atoms with Gasteiger partial charge in [-0.05, 0) is 91.7 Å². The molecule has 0 saturated heterocycles. The lowest BCUT2D eigenvalue weighted by atomic mass is 9.65. The van der Waals surface area contributed by atoms with Crippen molar-refractivity contribution in [1.82, 2.24) is 5.32 Å². The number of hydrogen-bond donors (Lipinski definition) is 3. The van der Waals surface area contributed by atoms with Gasteiger partial charge in [-0.15, -0.1) is 0 Å². The lowest BCUT2D eigenvalue weighted by Gasteiger charge is -2.45. The van der Waals surface area contributed by atoms with Gasteiger partial charge in [0.1, 0.15) is 6.04 Å². The average molecular weight is 538 g/mol. The first-order valence-electron chi connectivity index (χ1n) is 14.5. The van der Waals surface area contributed by atoms with Gasteiger partial charge < -0.3 is 15.5 Å². The molecule has 216 valence electrons. The van der Waals surface area contributed by atoms with Crippen LogP contribution in [0, 0.1) is 25.2 Å². The van der Waals surface area contributed by atoms with Crippen molar-refractivity contribution in [3.05, 3.63) is 69.8 Å². The summed E-state index contributed by atoms with van der Waals surface area (Å²) in [7, 11) is 0. The number of aliphatic hydroxyl groups is 1. The predicted molar refractivity (Wildman–Crippen MR) is 160 cm³/mol. The smallest absolute Gasteiger partial charge is 0.325 e. The summed E-state index contributed by atoms with van der Waals surface area (Å²) in [6.07, 6.45) is 4.36. The Morgan fingerprint density at radius 2 is 1.44 bits per heavy atom. The molecule has 2 aromatic carbocycles. The van der Waals surface area contributed by atoms with E-state index in [4.69, 9.17) is 5.11 Å². The summed E-state index contributed by atoms with van der Waals surface area (Å²) in [6.45, 7) is 20.7. The molecular weight excluding hydrogens is 486 g/mol. The third-order valence-corrected chi connectivity index (χ3v) is 9.12. The summed E-state index contributed by atoms with van der Waals surface area (Å²) < 4.78 is 0. The standard InChI is InChI=1S/C34H51NO4/c1-11-18-34(39,32(8,9)10)24(6)21-26-14-15-27(19-22(26)4)33(12-2,13-3)28-16-17-29(23(5)20-28)30(36)35-25(7)31(37)38/h14-17,19-20,24-25,39H,11-13,18,21H2,1-10H3,(H,35,36)(H,37,38). The van der Waals surface area contributed by atoms with E-state index in [2.05, 4.69) is 85.0 Å². The summed E-state index contributed by atoms with van der Waals surface area (Å²) in [6, 6.07) is 11.7. The fourth-order valence-electron chi connectivity index (χ4n) is 6.25. The summed E-state index contributed by atoms with van der Waals surface area (Å²) in [5, 5.41) is 23.4. The minimum Gasteiger partial charge on any atom is -0.480 e. The highest BCUT2D eigenvalue weighted by atomic mass is 16.4. The maximum Gasteiger partial charge on any atom is 0.325 e. The fourth-order valence-corrected chi connectivity index (χ4v) is 6.25. The van der Waals surface area contributed by atoms with Crippen LogP contribution >= 0.6 is 0 Å². The van der Waals surface area contributed by atoms with Gasteiger partial charge in [0, 0.05) is 11.0 Å². The number of hydrogen-bond acceptors (Lipinski definition) is 3. The molecule has 1 amide bonds. The predicted octanol–water partition coefficient (Wildman–Crippen LogP) is 7.37. The van der Waals surface area contributed by atoms with Crippen molar-refractivity contribution >= 4 is 11.9 Å². The van der Waals surface area contributed by atoms with Crippen molar-refractivity contribution in [2.75, 3.05) is 0 Å². The van der Waals surface area contributed by atoms with E-state index in [0.717, 1.165) is 43.2 Å². The number of carboxylic acid groups (broad SMARTS) is 1. The van der Waals surface area contributed by atoms with Gasteiger partial charge in [0.15, 0.2) is 0 Å². The number of rotatable bonds is 12. The molecule has 0 fully saturated rings. The van der Waals surface area contributed by atoms with E-state index in [1.807, 2.05) is 19.1 Å². The molecule has 0 radical (unpaired) electrons. The van der Waals surface area contributed by atoms with Gasteiger partial charge in [-0.3, -0.25) is 9.59 Å². The maximum atomic E-state index is 12.7.